The molecule has 252 valence electrons. The number of hydrogen-bond acceptors (Lipinski definition) is 10. The zero-order chi connectivity index (χ0) is 34.2. The normalized spacial score (nSPS) is 18.2. The number of hydrogen-bond donors (Lipinski definition) is 3. The number of rotatable bonds is 5. The van der Waals surface area contributed by atoms with Gasteiger partial charge < -0.3 is 25.3 Å². The minimum atomic E-state index is -0.668. The topological polar surface area (TPSA) is 181 Å². The van der Waals surface area contributed by atoms with Gasteiger partial charge >= 0.3 is 5.69 Å². The van der Waals surface area contributed by atoms with E-state index >= 15 is 0 Å². The van der Waals surface area contributed by atoms with Crippen LogP contribution in [0.15, 0.2) is 63.4 Å². The first-order chi connectivity index (χ1) is 23.1. The van der Waals surface area contributed by atoms with Gasteiger partial charge in [-0.05, 0) is 30.9 Å². The first-order valence-electron chi connectivity index (χ1n) is 15.7. The van der Waals surface area contributed by atoms with E-state index in [2.05, 4.69) is 30.9 Å². The van der Waals surface area contributed by atoms with Gasteiger partial charge in [0.05, 0.1) is 6.04 Å². The minimum absolute atomic E-state index is 0.0684. The van der Waals surface area contributed by atoms with Crippen molar-refractivity contribution in [3.63, 3.8) is 0 Å². The third kappa shape index (κ3) is 8.59. The summed E-state index contributed by atoms with van der Waals surface area (Å²) in [5.41, 5.74) is 0.650. The second-order valence-electron chi connectivity index (χ2n) is 11.8. The number of aryl methyl sites for hydroxylation is 1. The fraction of sp³-hybridized carbons (Fsp3) is 0.394. The highest BCUT2D eigenvalue weighted by atomic mass is 32.1. The molecule has 0 saturated heterocycles. The smallest absolute Gasteiger partial charge is 0.347 e. The lowest BCUT2D eigenvalue weighted by atomic mass is 10.0. The van der Waals surface area contributed by atoms with Crippen LogP contribution in [0.4, 0.5) is 0 Å². The Morgan fingerprint density at radius 2 is 1.83 bits per heavy atom. The monoisotopic (exact) mass is 674 g/mol. The molecule has 4 aromatic rings. The maximum absolute atomic E-state index is 13.5. The van der Waals surface area contributed by atoms with Crippen molar-refractivity contribution in [2.75, 3.05) is 19.6 Å². The molecular weight excluding hydrogens is 636 g/mol. The van der Waals surface area contributed by atoms with E-state index in [1.54, 1.807) is 18.4 Å². The Bertz CT molecular complexity index is 1820. The van der Waals surface area contributed by atoms with Crippen LogP contribution in [0.1, 0.15) is 82.0 Å². The predicted octanol–water partition coefficient (Wildman–Crippen LogP) is 2.58. The molecule has 0 aliphatic carbocycles. The lowest BCUT2D eigenvalue weighted by Crippen LogP contribution is -2.42. The number of carbonyl (C=O) groups excluding carboxylic acids is 4. The van der Waals surface area contributed by atoms with Gasteiger partial charge in [0, 0.05) is 50.2 Å². The quantitative estimate of drug-likeness (QED) is 0.287. The van der Waals surface area contributed by atoms with Crippen LogP contribution in [0.25, 0.3) is 0 Å². The highest BCUT2D eigenvalue weighted by molar-refractivity contribution is 7.09. The number of benzene rings is 1. The van der Waals surface area contributed by atoms with Crippen LogP contribution in [0, 0.1) is 12.8 Å². The molecule has 4 bridgehead atoms. The van der Waals surface area contributed by atoms with Gasteiger partial charge in [0.25, 0.3) is 11.8 Å². The fourth-order valence-electron chi connectivity index (χ4n) is 5.29. The van der Waals surface area contributed by atoms with Crippen LogP contribution in [-0.2, 0) is 22.6 Å². The van der Waals surface area contributed by atoms with Crippen LogP contribution in [0.2, 0.25) is 0 Å². The maximum Gasteiger partial charge on any atom is 0.347 e. The average Bonchev–Trinajstić information content (AvgIpc) is 3.71. The first-order valence-corrected chi connectivity index (χ1v) is 16.6. The van der Waals surface area contributed by atoms with Crippen LogP contribution in [0.3, 0.4) is 0 Å². The first kappa shape index (κ1) is 34.2. The molecule has 3 N–H and O–H groups in total. The van der Waals surface area contributed by atoms with Gasteiger partial charge in [-0.15, -0.1) is 11.3 Å². The summed E-state index contributed by atoms with van der Waals surface area (Å²) >= 11 is 1.25. The molecule has 0 unspecified atom stereocenters. The molecule has 4 amide bonds. The van der Waals surface area contributed by atoms with Gasteiger partial charge in [0.1, 0.15) is 29.0 Å². The Balaban J connectivity index is 1.43. The summed E-state index contributed by atoms with van der Waals surface area (Å²) in [7, 11) is 0. The van der Waals surface area contributed by atoms with Crippen LogP contribution >= 0.6 is 11.3 Å². The van der Waals surface area contributed by atoms with Crippen molar-refractivity contribution in [3.05, 3.63) is 98.3 Å². The number of aromatic nitrogens is 4. The van der Waals surface area contributed by atoms with Crippen molar-refractivity contribution in [1.29, 1.82) is 0 Å². The molecule has 1 aliphatic rings. The zero-order valence-electron chi connectivity index (χ0n) is 27.0. The fourth-order valence-corrected chi connectivity index (χ4v) is 6.31. The van der Waals surface area contributed by atoms with Crippen molar-refractivity contribution in [1.82, 2.24) is 40.4 Å². The molecule has 0 spiro atoms. The number of amides is 4. The molecule has 2 atom stereocenters. The van der Waals surface area contributed by atoms with Crippen LogP contribution in [0.5, 0.6) is 0 Å². The van der Waals surface area contributed by atoms with Crippen molar-refractivity contribution in [3.8, 4) is 0 Å². The van der Waals surface area contributed by atoms with Crippen molar-refractivity contribution < 1.29 is 23.6 Å². The van der Waals surface area contributed by atoms with E-state index in [1.165, 1.54) is 33.2 Å². The average molecular weight is 675 g/mol. The van der Waals surface area contributed by atoms with Gasteiger partial charge in [-0.2, -0.15) is 0 Å². The molecule has 1 aliphatic heterocycles. The Morgan fingerprint density at radius 3 is 2.58 bits per heavy atom. The number of nitrogens with one attached hydrogen (secondary N) is 3. The predicted molar refractivity (Wildman–Crippen MR) is 176 cm³/mol. The summed E-state index contributed by atoms with van der Waals surface area (Å²) in [4.78, 5) is 79.6. The molecule has 48 heavy (non-hydrogen) atoms. The Labute approximate surface area is 281 Å². The second-order valence-corrected chi connectivity index (χ2v) is 12.7. The molecule has 14 nitrogen and oxygen atoms in total. The molecule has 0 radical (unpaired) electrons. The summed E-state index contributed by atoms with van der Waals surface area (Å²) < 4.78 is 7.18. The highest BCUT2D eigenvalue weighted by Crippen LogP contribution is 2.27. The van der Waals surface area contributed by atoms with E-state index in [1.807, 2.05) is 44.2 Å². The lowest BCUT2D eigenvalue weighted by Gasteiger charge is -2.23. The molecule has 3 aromatic heterocycles. The van der Waals surface area contributed by atoms with Crippen LogP contribution < -0.4 is 21.6 Å². The minimum Gasteiger partial charge on any atom is -0.443 e. The molecule has 15 heteroatoms. The number of oxazole rings is 1. The van der Waals surface area contributed by atoms with Gasteiger partial charge in [-0.25, -0.2) is 19.7 Å². The summed E-state index contributed by atoms with van der Waals surface area (Å²) in [6.07, 6.45) is 3.57. The van der Waals surface area contributed by atoms with Crippen molar-refractivity contribution >= 4 is 35.0 Å². The van der Waals surface area contributed by atoms with Gasteiger partial charge in [0.15, 0.2) is 5.69 Å². The summed E-state index contributed by atoms with van der Waals surface area (Å²) in [6.45, 7) is 5.71. The Morgan fingerprint density at radius 1 is 1.04 bits per heavy atom. The molecule has 0 fully saturated rings. The number of carbonyl (C=O) groups is 4. The Hall–Kier alpha value is -5.18. The lowest BCUT2D eigenvalue weighted by molar-refractivity contribution is -0.132. The van der Waals surface area contributed by atoms with E-state index < -0.39 is 29.6 Å². The van der Waals surface area contributed by atoms with E-state index in [0.717, 1.165) is 5.56 Å². The summed E-state index contributed by atoms with van der Waals surface area (Å²) in [5.74, 6) is -1.13. The molecule has 0 saturated carbocycles. The van der Waals surface area contributed by atoms with Crippen LogP contribution in [-0.4, -0.2) is 67.7 Å². The van der Waals surface area contributed by atoms with E-state index in [9.17, 15) is 24.0 Å². The van der Waals surface area contributed by atoms with E-state index in [0.29, 0.717) is 23.6 Å². The highest BCUT2D eigenvalue weighted by Gasteiger charge is 2.29. The zero-order valence-corrected chi connectivity index (χ0v) is 27.8. The van der Waals surface area contributed by atoms with Gasteiger partial charge in [-0.3, -0.25) is 23.7 Å². The summed E-state index contributed by atoms with van der Waals surface area (Å²) in [5, 5.41) is 11.0. The third-order valence-electron chi connectivity index (χ3n) is 7.86. The molecule has 4 heterocycles. The van der Waals surface area contributed by atoms with E-state index in [-0.39, 0.29) is 67.6 Å². The molecule has 1 aromatic carbocycles. The SMILES string of the molecule is Cc1oc2nc1C(=O)N[C@@H](C(C)C)c1nc(cs1)C(=O)NCCN(C(=O)Cn1cccnc1=O)CCCC(=O)N[C@H]2Cc1ccccc1. The van der Waals surface area contributed by atoms with E-state index in [4.69, 9.17) is 4.42 Å². The summed E-state index contributed by atoms with van der Waals surface area (Å²) in [6, 6.07) is 9.92. The second kappa shape index (κ2) is 15.6. The number of nitrogens with zero attached hydrogens (tertiary/aromatic N) is 5. The number of fused-ring (bicyclic) bond motifs is 4. The van der Waals surface area contributed by atoms with Crippen molar-refractivity contribution in [2.24, 2.45) is 5.92 Å². The van der Waals surface area contributed by atoms with Gasteiger partial charge in [0.2, 0.25) is 17.7 Å². The molecule has 5 rings (SSSR count). The number of thiazole rings is 1. The Kier molecular flexibility index (Phi) is 11.1. The third-order valence-corrected chi connectivity index (χ3v) is 8.79. The molecular formula is C33H38N8O6S. The van der Waals surface area contributed by atoms with Crippen molar-refractivity contribution in [2.45, 2.75) is 58.7 Å². The van der Waals surface area contributed by atoms with Gasteiger partial charge in [-0.1, -0.05) is 44.2 Å². The standard InChI is InChI=1S/C33H38N8O6S/c1-20(2)27-32-37-24(19-48-32)29(44)34-13-16-40(26(43)18-41-15-8-12-35-33(41)46)14-7-11-25(42)36-23(17-22-9-5-4-6-10-22)31-39-28(21(3)47-31)30(45)38-27/h4-6,8-10,12,15,19-20,23,27H,7,11,13-14,16-18H2,1-3H3,(H,34,44)(H,36,42)(H,38,45)/t23-,27-/m0/s1. The largest absolute Gasteiger partial charge is 0.443 e. The maximum atomic E-state index is 13.5.